The second-order valence-corrected chi connectivity index (χ2v) is 7.63. The van der Waals surface area contributed by atoms with Crippen molar-refractivity contribution in [3.63, 3.8) is 0 Å². The van der Waals surface area contributed by atoms with E-state index in [1.165, 1.54) is 0 Å². The Morgan fingerprint density at radius 1 is 1.00 bits per heavy atom. The number of aryl methyl sites for hydroxylation is 2. The highest BCUT2D eigenvalue weighted by Gasteiger charge is 2.19. The molecule has 0 N–H and O–H groups in total. The van der Waals surface area contributed by atoms with Crippen molar-refractivity contribution < 1.29 is 13.9 Å². The molecule has 0 spiro atoms. The lowest BCUT2D eigenvalue weighted by Gasteiger charge is -2.13. The van der Waals surface area contributed by atoms with Gasteiger partial charge in [0, 0.05) is 10.6 Å². The molecular weight excluding hydrogens is 400 g/mol. The molecule has 4 aromatic rings. The first kappa shape index (κ1) is 20.0. The van der Waals surface area contributed by atoms with Crippen LogP contribution in [0.3, 0.4) is 0 Å². The van der Waals surface area contributed by atoms with Gasteiger partial charge in [-0.25, -0.2) is 0 Å². The van der Waals surface area contributed by atoms with Gasteiger partial charge >= 0.3 is 0 Å². The summed E-state index contributed by atoms with van der Waals surface area (Å²) in [6.07, 6.45) is 0. The van der Waals surface area contributed by atoms with Gasteiger partial charge in [-0.1, -0.05) is 29.8 Å². The van der Waals surface area contributed by atoms with Gasteiger partial charge in [0.2, 0.25) is 11.2 Å². The summed E-state index contributed by atoms with van der Waals surface area (Å²) in [7, 11) is 1.61. The van der Waals surface area contributed by atoms with Crippen LogP contribution in [0.25, 0.3) is 22.3 Å². The molecular formula is C25H21ClO4. The summed E-state index contributed by atoms with van der Waals surface area (Å²) >= 11 is 6.08. The molecule has 1 aromatic heterocycles. The van der Waals surface area contributed by atoms with Crippen LogP contribution < -0.4 is 14.9 Å². The lowest BCUT2D eigenvalue weighted by atomic mass is 10.1. The van der Waals surface area contributed by atoms with Crippen LogP contribution in [0, 0.1) is 13.8 Å². The molecule has 0 bridgehead atoms. The van der Waals surface area contributed by atoms with Crippen LogP contribution in [0.15, 0.2) is 69.9 Å². The molecule has 4 nitrogen and oxygen atoms in total. The lowest BCUT2D eigenvalue weighted by molar-refractivity contribution is 0.298. The monoisotopic (exact) mass is 420 g/mol. The summed E-state index contributed by atoms with van der Waals surface area (Å²) in [6, 6.07) is 18.5. The number of benzene rings is 3. The van der Waals surface area contributed by atoms with Crippen molar-refractivity contribution in [1.29, 1.82) is 0 Å². The van der Waals surface area contributed by atoms with E-state index in [1.54, 1.807) is 13.2 Å². The van der Waals surface area contributed by atoms with Gasteiger partial charge in [-0.2, -0.15) is 0 Å². The Morgan fingerprint density at radius 3 is 2.47 bits per heavy atom. The minimum absolute atomic E-state index is 0.178. The molecule has 152 valence electrons. The minimum atomic E-state index is -0.198. The molecule has 0 aliphatic rings. The Balaban J connectivity index is 1.88. The topological polar surface area (TPSA) is 48.7 Å². The van der Waals surface area contributed by atoms with Crippen LogP contribution >= 0.6 is 11.6 Å². The van der Waals surface area contributed by atoms with Crippen LogP contribution in [0.4, 0.5) is 0 Å². The van der Waals surface area contributed by atoms with E-state index in [-0.39, 0.29) is 17.8 Å². The van der Waals surface area contributed by atoms with E-state index >= 15 is 0 Å². The maximum Gasteiger partial charge on any atom is 0.235 e. The second kappa shape index (κ2) is 8.25. The maximum atomic E-state index is 13.4. The number of methoxy groups -OCH3 is 1. The SMILES string of the molecule is COc1ccc(-c2oc3c(C)cc(C)cc3c(=O)c2OCc2cccc(Cl)c2)cc1. The smallest absolute Gasteiger partial charge is 0.235 e. The average Bonchev–Trinajstić information content (AvgIpc) is 2.73. The first-order valence-corrected chi connectivity index (χ1v) is 9.94. The highest BCUT2D eigenvalue weighted by atomic mass is 35.5. The average molecular weight is 421 g/mol. The Bertz CT molecular complexity index is 1270. The lowest BCUT2D eigenvalue weighted by Crippen LogP contribution is -2.11. The van der Waals surface area contributed by atoms with Crippen molar-refractivity contribution in [3.05, 3.63) is 92.6 Å². The van der Waals surface area contributed by atoms with Gasteiger partial charge in [0.1, 0.15) is 17.9 Å². The minimum Gasteiger partial charge on any atom is -0.497 e. The van der Waals surface area contributed by atoms with E-state index in [4.69, 9.17) is 25.5 Å². The fourth-order valence-electron chi connectivity index (χ4n) is 3.48. The summed E-state index contributed by atoms with van der Waals surface area (Å²) < 4.78 is 17.5. The summed E-state index contributed by atoms with van der Waals surface area (Å²) in [5.41, 5.74) is 3.85. The molecule has 0 atom stereocenters. The first-order valence-electron chi connectivity index (χ1n) is 9.56. The molecule has 0 aliphatic heterocycles. The van der Waals surface area contributed by atoms with Crippen molar-refractivity contribution in [2.24, 2.45) is 0 Å². The van der Waals surface area contributed by atoms with E-state index in [2.05, 4.69) is 0 Å². The molecule has 5 heteroatoms. The third-order valence-electron chi connectivity index (χ3n) is 4.90. The number of ether oxygens (including phenoxy) is 2. The van der Waals surface area contributed by atoms with Crippen molar-refractivity contribution in [1.82, 2.24) is 0 Å². The van der Waals surface area contributed by atoms with Gasteiger partial charge in [0.05, 0.1) is 12.5 Å². The Kier molecular flexibility index (Phi) is 5.51. The molecule has 4 rings (SSSR count). The molecule has 3 aromatic carbocycles. The first-order chi connectivity index (χ1) is 14.5. The van der Waals surface area contributed by atoms with Crippen molar-refractivity contribution >= 4 is 22.6 Å². The van der Waals surface area contributed by atoms with Gasteiger partial charge in [-0.3, -0.25) is 4.79 Å². The quantitative estimate of drug-likeness (QED) is 0.379. The predicted octanol–water partition coefficient (Wildman–Crippen LogP) is 6.32. The van der Waals surface area contributed by atoms with E-state index < -0.39 is 0 Å². The maximum absolute atomic E-state index is 13.4. The molecule has 0 saturated heterocycles. The van der Waals surface area contributed by atoms with Gasteiger partial charge in [0.15, 0.2) is 5.76 Å². The largest absolute Gasteiger partial charge is 0.497 e. The van der Waals surface area contributed by atoms with Crippen LogP contribution in [0.1, 0.15) is 16.7 Å². The zero-order valence-corrected chi connectivity index (χ0v) is 17.7. The zero-order chi connectivity index (χ0) is 21.3. The number of fused-ring (bicyclic) bond motifs is 1. The Hall–Kier alpha value is -3.24. The number of hydrogen-bond acceptors (Lipinski definition) is 4. The zero-order valence-electron chi connectivity index (χ0n) is 17.0. The second-order valence-electron chi connectivity index (χ2n) is 7.20. The van der Waals surface area contributed by atoms with Crippen LogP contribution in [-0.4, -0.2) is 7.11 Å². The summed E-state index contributed by atoms with van der Waals surface area (Å²) in [5.74, 6) is 1.29. The number of rotatable bonds is 5. The highest BCUT2D eigenvalue weighted by molar-refractivity contribution is 6.30. The van der Waals surface area contributed by atoms with Gasteiger partial charge < -0.3 is 13.9 Å². The molecule has 0 aliphatic carbocycles. The van der Waals surface area contributed by atoms with Crippen LogP contribution in [0.2, 0.25) is 5.02 Å². The normalized spacial score (nSPS) is 10.9. The molecule has 0 amide bonds. The van der Waals surface area contributed by atoms with Crippen molar-refractivity contribution in [2.45, 2.75) is 20.5 Å². The van der Waals surface area contributed by atoms with E-state index in [0.717, 1.165) is 28.0 Å². The van der Waals surface area contributed by atoms with Gasteiger partial charge in [-0.05, 0) is 73.0 Å². The van der Waals surface area contributed by atoms with Crippen molar-refractivity contribution in [2.75, 3.05) is 7.11 Å². The molecule has 1 heterocycles. The van der Waals surface area contributed by atoms with Gasteiger partial charge in [0.25, 0.3) is 0 Å². The fraction of sp³-hybridized carbons (Fsp3) is 0.160. The summed E-state index contributed by atoms with van der Waals surface area (Å²) in [6.45, 7) is 4.09. The predicted molar refractivity (Wildman–Crippen MR) is 120 cm³/mol. The standard InChI is InChI=1S/C25H21ClO4/c1-15-11-16(2)23-21(12-15)22(27)25(29-14-17-5-4-6-19(26)13-17)24(30-23)18-7-9-20(28-3)10-8-18/h4-13H,14H2,1-3H3. The third-order valence-corrected chi connectivity index (χ3v) is 5.14. The van der Waals surface area contributed by atoms with Gasteiger partial charge in [-0.15, -0.1) is 0 Å². The fourth-order valence-corrected chi connectivity index (χ4v) is 3.69. The molecule has 0 saturated carbocycles. The molecule has 30 heavy (non-hydrogen) atoms. The van der Waals surface area contributed by atoms with E-state index in [9.17, 15) is 4.79 Å². The number of halogens is 1. The summed E-state index contributed by atoms with van der Waals surface area (Å²) in [4.78, 5) is 13.4. The molecule has 0 radical (unpaired) electrons. The number of hydrogen-bond donors (Lipinski definition) is 0. The summed E-state index contributed by atoms with van der Waals surface area (Å²) in [5, 5.41) is 1.12. The highest BCUT2D eigenvalue weighted by Crippen LogP contribution is 2.33. The molecule has 0 fully saturated rings. The third kappa shape index (κ3) is 3.91. The van der Waals surface area contributed by atoms with Crippen LogP contribution in [-0.2, 0) is 6.61 Å². The Morgan fingerprint density at radius 2 is 1.77 bits per heavy atom. The van der Waals surface area contributed by atoms with E-state index in [1.807, 2.05) is 68.4 Å². The van der Waals surface area contributed by atoms with Crippen LogP contribution in [0.5, 0.6) is 11.5 Å². The van der Waals surface area contributed by atoms with Crippen molar-refractivity contribution in [3.8, 4) is 22.8 Å². The Labute approximate surface area is 179 Å². The van der Waals surface area contributed by atoms with E-state index in [0.29, 0.717) is 21.8 Å². The molecule has 0 unspecified atom stereocenters.